The first-order valence-corrected chi connectivity index (χ1v) is 14.7. The lowest BCUT2D eigenvalue weighted by atomic mass is 10.0. The van der Waals surface area contributed by atoms with E-state index in [9.17, 15) is 19.5 Å². The minimum Gasteiger partial charge on any atom is -0.457 e. The maximum Gasteiger partial charge on any atom is 0.325 e. The van der Waals surface area contributed by atoms with E-state index >= 15 is 0 Å². The van der Waals surface area contributed by atoms with Crippen LogP contribution in [-0.4, -0.2) is 63.8 Å². The van der Waals surface area contributed by atoms with E-state index in [1.165, 1.54) is 5.01 Å². The third-order valence-electron chi connectivity index (χ3n) is 7.41. The van der Waals surface area contributed by atoms with Crippen molar-refractivity contribution >= 4 is 34.6 Å². The summed E-state index contributed by atoms with van der Waals surface area (Å²) in [6.07, 6.45) is 7.04. The summed E-state index contributed by atoms with van der Waals surface area (Å²) in [5, 5.41) is 19.4. The first kappa shape index (κ1) is 32.9. The van der Waals surface area contributed by atoms with Crippen molar-refractivity contribution in [1.82, 2.24) is 26.1 Å². The minimum atomic E-state index is -0.844. The number of fused-ring (bicyclic) bond motifs is 1. The molecule has 1 fully saturated rings. The molecule has 3 rings (SSSR count). The van der Waals surface area contributed by atoms with Crippen molar-refractivity contribution in [3.8, 4) is 0 Å². The van der Waals surface area contributed by atoms with Crippen LogP contribution in [0.1, 0.15) is 77.2 Å². The molecule has 10 heteroatoms. The van der Waals surface area contributed by atoms with E-state index in [-0.39, 0.29) is 17.7 Å². The van der Waals surface area contributed by atoms with Crippen molar-refractivity contribution < 1.29 is 24.2 Å². The van der Waals surface area contributed by atoms with Crippen molar-refractivity contribution in [3.63, 3.8) is 0 Å². The summed E-state index contributed by atoms with van der Waals surface area (Å²) in [5.41, 5.74) is 4.60. The number of pyridine rings is 1. The number of nitrogens with zero attached hydrogens (tertiary/aromatic N) is 2. The van der Waals surface area contributed by atoms with Gasteiger partial charge in [-0.2, -0.15) is 0 Å². The molecule has 0 spiro atoms. The quantitative estimate of drug-likeness (QED) is 0.115. The van der Waals surface area contributed by atoms with Crippen LogP contribution in [0.25, 0.3) is 16.8 Å². The number of unbranched alkanes of at least 4 members (excludes halogenated alkanes) is 1. The lowest BCUT2D eigenvalue weighted by molar-refractivity contribution is -0.157. The Morgan fingerprint density at radius 3 is 2.64 bits per heavy atom. The van der Waals surface area contributed by atoms with Gasteiger partial charge in [-0.3, -0.25) is 29.7 Å². The van der Waals surface area contributed by atoms with Crippen molar-refractivity contribution in [2.75, 3.05) is 6.54 Å². The van der Waals surface area contributed by atoms with Crippen LogP contribution < -0.4 is 16.1 Å². The molecule has 0 radical (unpaired) electrons. The highest BCUT2D eigenvalue weighted by atomic mass is 16.5. The topological polar surface area (TPSA) is 133 Å². The molecule has 1 aromatic heterocycles. The summed E-state index contributed by atoms with van der Waals surface area (Å²) in [6, 6.07) is 5.53. The van der Waals surface area contributed by atoms with Gasteiger partial charge < -0.3 is 15.2 Å². The number of allylic oxidation sites excluding steroid dienone is 1. The number of aromatic nitrogens is 1. The van der Waals surface area contributed by atoms with E-state index < -0.39 is 36.4 Å². The summed E-state index contributed by atoms with van der Waals surface area (Å²) in [5.74, 6) is -1.29. The molecule has 1 aliphatic heterocycles. The van der Waals surface area contributed by atoms with E-state index in [1.54, 1.807) is 25.3 Å². The van der Waals surface area contributed by atoms with E-state index in [2.05, 4.69) is 34.2 Å². The average Bonchev–Trinajstić information content (AvgIpc) is 2.98. The smallest absolute Gasteiger partial charge is 0.325 e. The molecule has 4 N–H and O–H groups in total. The van der Waals surface area contributed by atoms with Crippen LogP contribution in [0.3, 0.4) is 0 Å². The Balaban J connectivity index is 1.56. The van der Waals surface area contributed by atoms with Gasteiger partial charge in [-0.05, 0) is 81.0 Å². The molecule has 0 saturated carbocycles. The molecule has 1 aromatic carbocycles. The first-order valence-electron chi connectivity index (χ1n) is 14.7. The second kappa shape index (κ2) is 15.6. The number of aliphatic hydroxyl groups is 1. The number of hydrogen-bond donors (Lipinski definition) is 4. The van der Waals surface area contributed by atoms with Crippen LogP contribution in [0.15, 0.2) is 49.7 Å². The van der Waals surface area contributed by atoms with Crippen LogP contribution in [0.5, 0.6) is 0 Å². The van der Waals surface area contributed by atoms with Crippen LogP contribution >= 0.6 is 0 Å². The summed E-state index contributed by atoms with van der Waals surface area (Å²) in [6.45, 7) is 15.0. The van der Waals surface area contributed by atoms with Gasteiger partial charge in [0, 0.05) is 18.1 Å². The number of ether oxygens (including phenoxy) is 1. The summed E-state index contributed by atoms with van der Waals surface area (Å²) < 4.78 is 5.78. The molecule has 0 bridgehead atoms. The number of nitrogens with one attached hydrogen (secondary N) is 3. The first-order chi connectivity index (χ1) is 20.0. The average molecular weight is 580 g/mol. The molecule has 2 amide bonds. The summed E-state index contributed by atoms with van der Waals surface area (Å²) in [4.78, 5) is 43.6. The Labute approximate surface area is 248 Å². The van der Waals surface area contributed by atoms with Crippen LogP contribution in [0.4, 0.5) is 0 Å². The van der Waals surface area contributed by atoms with Crippen molar-refractivity contribution in [2.45, 2.75) is 90.3 Å². The molecule has 1 unspecified atom stereocenters. The molecule has 1 aliphatic rings. The van der Waals surface area contributed by atoms with Gasteiger partial charge in [0.2, 0.25) is 5.91 Å². The van der Waals surface area contributed by atoms with Gasteiger partial charge in [0.05, 0.1) is 11.7 Å². The number of carbonyl (C=O) groups excluding carboxylic acids is 3. The maximum absolute atomic E-state index is 13.2. The van der Waals surface area contributed by atoms with Gasteiger partial charge in [0.1, 0.15) is 24.4 Å². The van der Waals surface area contributed by atoms with Gasteiger partial charge in [-0.15, -0.1) is 6.58 Å². The second-order valence-electron chi connectivity index (χ2n) is 11.2. The monoisotopic (exact) mass is 579 g/mol. The largest absolute Gasteiger partial charge is 0.457 e. The van der Waals surface area contributed by atoms with E-state index in [0.29, 0.717) is 25.8 Å². The Bertz CT molecular complexity index is 1270. The van der Waals surface area contributed by atoms with Gasteiger partial charge in [-0.1, -0.05) is 38.6 Å². The number of amides is 2. The number of benzene rings is 1. The molecule has 1 saturated heterocycles. The second-order valence-corrected chi connectivity index (χ2v) is 11.2. The zero-order valence-electron chi connectivity index (χ0n) is 25.1. The zero-order chi connectivity index (χ0) is 30.8. The predicted octanol–water partition coefficient (Wildman–Crippen LogP) is 3.77. The SMILES string of the molecule is C=CCCCC(O)N[C@H](C(=O)N[C@@H](C)C(=O)N1CCC[C@@H](C(=O)O[C@H](C)c2ccc3cnc(C=C)cc3c2)N1)C(C)C. The third kappa shape index (κ3) is 8.95. The molecule has 42 heavy (non-hydrogen) atoms. The van der Waals surface area contributed by atoms with E-state index in [4.69, 9.17) is 4.74 Å². The normalized spacial score (nSPS) is 18.1. The third-order valence-corrected chi connectivity index (χ3v) is 7.41. The number of rotatable bonds is 14. The van der Waals surface area contributed by atoms with Gasteiger partial charge in [0.25, 0.3) is 5.91 Å². The lowest BCUT2D eigenvalue weighted by Crippen LogP contribution is -2.61. The highest BCUT2D eigenvalue weighted by Crippen LogP contribution is 2.24. The number of hydrazine groups is 1. The highest BCUT2D eigenvalue weighted by molar-refractivity contribution is 5.90. The van der Waals surface area contributed by atoms with Crippen molar-refractivity contribution in [3.05, 3.63) is 61.0 Å². The molecule has 228 valence electrons. The van der Waals surface area contributed by atoms with Gasteiger partial charge in [0.15, 0.2) is 0 Å². The van der Waals surface area contributed by atoms with E-state index in [0.717, 1.165) is 34.9 Å². The standard InChI is InChI=1S/C32H45N5O5/c1-7-9-10-13-28(38)35-29(20(3)4)30(39)34-21(5)31(40)37-16-11-12-27(36-37)32(41)42-22(6)23-14-15-24-19-33-26(8-2)18-25(24)17-23/h7-8,14-15,17-22,27-29,35-36,38H,1-2,9-13,16H2,3-6H3,(H,34,39)/t21-,22+,27-,28?,29-/m0/s1. The minimum absolute atomic E-state index is 0.112. The summed E-state index contributed by atoms with van der Waals surface area (Å²) in [7, 11) is 0. The number of hydrogen-bond acceptors (Lipinski definition) is 8. The maximum atomic E-state index is 13.2. The molecule has 2 heterocycles. The Morgan fingerprint density at radius 1 is 1.19 bits per heavy atom. The molecule has 10 nitrogen and oxygen atoms in total. The van der Waals surface area contributed by atoms with Crippen LogP contribution in [0, 0.1) is 5.92 Å². The van der Waals surface area contributed by atoms with Gasteiger partial charge >= 0.3 is 5.97 Å². The van der Waals surface area contributed by atoms with Crippen LogP contribution in [0.2, 0.25) is 0 Å². The highest BCUT2D eigenvalue weighted by Gasteiger charge is 2.33. The lowest BCUT2D eigenvalue weighted by Gasteiger charge is -2.35. The number of esters is 1. The van der Waals surface area contributed by atoms with Crippen LogP contribution in [-0.2, 0) is 19.1 Å². The molecular formula is C32H45N5O5. The number of carbonyl (C=O) groups is 3. The molecular weight excluding hydrogens is 534 g/mol. The molecule has 2 aromatic rings. The predicted molar refractivity (Wildman–Crippen MR) is 164 cm³/mol. The molecule has 5 atom stereocenters. The zero-order valence-corrected chi connectivity index (χ0v) is 25.1. The fraction of sp³-hybridized carbons (Fsp3) is 0.500. The Kier molecular flexibility index (Phi) is 12.2. The van der Waals surface area contributed by atoms with Crippen molar-refractivity contribution in [1.29, 1.82) is 0 Å². The Hall–Kier alpha value is -3.60. The summed E-state index contributed by atoms with van der Waals surface area (Å²) >= 11 is 0. The fourth-order valence-electron chi connectivity index (χ4n) is 4.90. The molecule has 0 aliphatic carbocycles. The van der Waals surface area contributed by atoms with E-state index in [1.807, 2.05) is 45.0 Å². The van der Waals surface area contributed by atoms with Crippen molar-refractivity contribution in [2.24, 2.45) is 5.92 Å². The fourth-order valence-corrected chi connectivity index (χ4v) is 4.90. The number of aliphatic hydroxyl groups excluding tert-OH is 1. The van der Waals surface area contributed by atoms with Gasteiger partial charge in [-0.25, -0.2) is 5.43 Å². The Morgan fingerprint density at radius 2 is 1.95 bits per heavy atom.